The Balaban J connectivity index is 1.55. The minimum Gasteiger partial charge on any atom is -0.494 e. The molecule has 0 aliphatic carbocycles. The molecule has 0 spiro atoms. The van der Waals surface area contributed by atoms with Gasteiger partial charge in [-0.1, -0.05) is 13.0 Å². The number of methoxy groups -OCH3 is 1. The van der Waals surface area contributed by atoms with Gasteiger partial charge in [0, 0.05) is 11.4 Å². The fourth-order valence-electron chi connectivity index (χ4n) is 3.32. The third-order valence-corrected chi connectivity index (χ3v) is 6.05. The van der Waals surface area contributed by atoms with Crippen molar-refractivity contribution in [2.24, 2.45) is 5.10 Å². The molecular formula is C28H26F3IN4O6. The lowest BCUT2D eigenvalue weighted by atomic mass is 10.2. The molecule has 3 aromatic rings. The van der Waals surface area contributed by atoms with Crippen molar-refractivity contribution in [1.29, 1.82) is 0 Å². The lowest BCUT2D eigenvalue weighted by Gasteiger charge is -2.14. The number of halogens is 4. The molecule has 0 bridgehead atoms. The molecule has 3 N–H and O–H groups in total. The van der Waals surface area contributed by atoms with E-state index in [1.807, 2.05) is 29.5 Å². The number of rotatable bonds is 11. The van der Waals surface area contributed by atoms with Crippen molar-refractivity contribution in [2.75, 3.05) is 31.0 Å². The maximum atomic E-state index is 12.9. The van der Waals surface area contributed by atoms with Crippen molar-refractivity contribution in [3.63, 3.8) is 0 Å². The van der Waals surface area contributed by atoms with Crippen LogP contribution in [0.2, 0.25) is 0 Å². The zero-order valence-corrected chi connectivity index (χ0v) is 24.5. The van der Waals surface area contributed by atoms with Crippen LogP contribution >= 0.6 is 22.6 Å². The van der Waals surface area contributed by atoms with E-state index in [1.54, 1.807) is 30.3 Å². The molecule has 3 rings (SSSR count). The fraction of sp³-hybridized carbons (Fsp3) is 0.214. The van der Waals surface area contributed by atoms with Crippen LogP contribution in [0.25, 0.3) is 0 Å². The number of nitrogens with zero attached hydrogens (tertiary/aromatic N) is 1. The molecule has 3 aromatic carbocycles. The molecule has 3 amide bonds. The quantitative estimate of drug-likeness (QED) is 0.109. The monoisotopic (exact) mass is 698 g/mol. The molecule has 0 heterocycles. The van der Waals surface area contributed by atoms with Crippen molar-refractivity contribution in [1.82, 2.24) is 5.43 Å². The van der Waals surface area contributed by atoms with Crippen molar-refractivity contribution in [2.45, 2.75) is 19.5 Å². The second kappa shape index (κ2) is 15.0. The van der Waals surface area contributed by atoms with Gasteiger partial charge in [-0.2, -0.15) is 18.3 Å². The Hall–Kier alpha value is -4.34. The number of alkyl halides is 3. The topological polar surface area (TPSA) is 127 Å². The first-order chi connectivity index (χ1) is 20.0. The van der Waals surface area contributed by atoms with E-state index < -0.39 is 36.1 Å². The van der Waals surface area contributed by atoms with E-state index in [1.165, 1.54) is 31.5 Å². The van der Waals surface area contributed by atoms with Crippen LogP contribution in [0.1, 0.15) is 24.5 Å². The molecule has 0 unspecified atom stereocenters. The molecule has 0 atom stereocenters. The molecule has 0 radical (unpaired) electrons. The highest BCUT2D eigenvalue weighted by atomic mass is 127. The van der Waals surface area contributed by atoms with Crippen molar-refractivity contribution in [3.8, 4) is 17.2 Å². The summed E-state index contributed by atoms with van der Waals surface area (Å²) < 4.78 is 55.6. The van der Waals surface area contributed by atoms with Crippen molar-refractivity contribution >= 4 is 57.9 Å². The van der Waals surface area contributed by atoms with Gasteiger partial charge in [-0.3, -0.25) is 14.4 Å². The average Bonchev–Trinajstić information content (AvgIpc) is 2.95. The predicted molar refractivity (Wildman–Crippen MR) is 158 cm³/mol. The van der Waals surface area contributed by atoms with E-state index in [4.69, 9.17) is 14.2 Å². The Kier molecular flexibility index (Phi) is 11.5. The van der Waals surface area contributed by atoms with E-state index in [9.17, 15) is 27.6 Å². The Bertz CT molecular complexity index is 1450. The van der Waals surface area contributed by atoms with Gasteiger partial charge in [-0.15, -0.1) is 0 Å². The molecule has 0 aromatic heterocycles. The summed E-state index contributed by atoms with van der Waals surface area (Å²) in [6.45, 7) is 2.05. The maximum absolute atomic E-state index is 12.9. The van der Waals surface area contributed by atoms with E-state index in [2.05, 4.69) is 21.2 Å². The highest BCUT2D eigenvalue weighted by Crippen LogP contribution is 2.34. The van der Waals surface area contributed by atoms with Gasteiger partial charge in [0.2, 0.25) is 0 Å². The van der Waals surface area contributed by atoms with Crippen LogP contribution in [-0.4, -0.2) is 44.3 Å². The van der Waals surface area contributed by atoms with Gasteiger partial charge in [-0.25, -0.2) is 5.43 Å². The minimum atomic E-state index is -4.54. The third kappa shape index (κ3) is 9.64. The standard InChI is InChI=1S/C28H26F3IN4O6/c1-3-11-41-21-9-7-19(8-10-21)35-26(38)27(39)36-33-15-17-12-22(32)25(23(13-17)40-2)42-16-24(37)34-20-6-4-5-18(14-20)28(29,30)31/h4-10,12-15H,3,11,16H2,1-2H3,(H,34,37)(H,35,38)(H,36,39)/b33-15-. The van der Waals surface area contributed by atoms with E-state index in [-0.39, 0.29) is 17.2 Å². The van der Waals surface area contributed by atoms with Gasteiger partial charge >= 0.3 is 18.0 Å². The van der Waals surface area contributed by atoms with Crippen LogP contribution in [0.4, 0.5) is 24.5 Å². The summed E-state index contributed by atoms with van der Waals surface area (Å²) >= 11 is 1.93. The lowest BCUT2D eigenvalue weighted by Crippen LogP contribution is -2.32. The number of carbonyl (C=O) groups is 3. The number of anilines is 2. The summed E-state index contributed by atoms with van der Waals surface area (Å²) in [5.41, 5.74) is 2.09. The number of benzene rings is 3. The molecule has 42 heavy (non-hydrogen) atoms. The van der Waals surface area contributed by atoms with Gasteiger partial charge in [0.05, 0.1) is 29.1 Å². The molecule has 222 valence electrons. The summed E-state index contributed by atoms with van der Waals surface area (Å²) in [6, 6.07) is 13.9. The molecule has 10 nitrogen and oxygen atoms in total. The van der Waals surface area contributed by atoms with Crippen molar-refractivity contribution in [3.05, 3.63) is 75.4 Å². The molecule has 0 fully saturated rings. The molecule has 0 saturated heterocycles. The Labute approximate surface area is 252 Å². The van der Waals surface area contributed by atoms with E-state index in [0.29, 0.717) is 27.2 Å². The largest absolute Gasteiger partial charge is 0.494 e. The minimum absolute atomic E-state index is 0.0303. The number of hydrogen-bond donors (Lipinski definition) is 3. The van der Waals surface area contributed by atoms with E-state index in [0.717, 1.165) is 18.6 Å². The number of nitrogens with one attached hydrogen (secondary N) is 3. The number of hydrazone groups is 1. The third-order valence-electron chi connectivity index (χ3n) is 5.24. The molecule has 0 aliphatic rings. The average molecular weight is 698 g/mol. The summed E-state index contributed by atoms with van der Waals surface area (Å²) in [6.07, 6.45) is -2.41. The van der Waals surface area contributed by atoms with Crippen LogP contribution in [0.5, 0.6) is 17.2 Å². The second-order valence-corrected chi connectivity index (χ2v) is 9.64. The zero-order chi connectivity index (χ0) is 30.7. The van der Waals surface area contributed by atoms with E-state index >= 15 is 0 Å². The van der Waals surface area contributed by atoms with Crippen molar-refractivity contribution < 1.29 is 41.8 Å². The Morgan fingerprint density at radius 2 is 1.69 bits per heavy atom. The lowest BCUT2D eigenvalue weighted by molar-refractivity contribution is -0.137. The Morgan fingerprint density at radius 1 is 0.952 bits per heavy atom. The first-order valence-corrected chi connectivity index (χ1v) is 13.4. The van der Waals surface area contributed by atoms with Crippen LogP contribution in [0.15, 0.2) is 65.8 Å². The van der Waals surface area contributed by atoms with Gasteiger partial charge in [0.1, 0.15) is 5.75 Å². The van der Waals surface area contributed by atoms with Crippen LogP contribution in [0.3, 0.4) is 0 Å². The molecule has 0 saturated carbocycles. The van der Waals surface area contributed by atoms with Gasteiger partial charge < -0.3 is 24.8 Å². The summed E-state index contributed by atoms with van der Waals surface area (Å²) in [7, 11) is 1.37. The summed E-state index contributed by atoms with van der Waals surface area (Å²) in [4.78, 5) is 36.6. The van der Waals surface area contributed by atoms with Crippen LogP contribution in [0, 0.1) is 3.57 Å². The predicted octanol–water partition coefficient (Wildman–Crippen LogP) is 5.21. The maximum Gasteiger partial charge on any atom is 0.416 e. The zero-order valence-electron chi connectivity index (χ0n) is 22.4. The SMILES string of the molecule is CCCOc1ccc(NC(=O)C(=O)N/N=C\c2cc(I)c(OCC(=O)Nc3cccc(C(F)(F)F)c3)c(OC)c2)cc1. The summed E-state index contributed by atoms with van der Waals surface area (Å²) in [5.74, 6) is -1.52. The number of carbonyl (C=O) groups excluding carboxylic acids is 3. The summed E-state index contributed by atoms with van der Waals surface area (Å²) in [5, 5.41) is 8.61. The second-order valence-electron chi connectivity index (χ2n) is 8.48. The molecular weight excluding hydrogens is 672 g/mol. The van der Waals surface area contributed by atoms with Crippen LogP contribution in [-0.2, 0) is 20.6 Å². The van der Waals surface area contributed by atoms with Gasteiger partial charge in [-0.05, 0) is 89.2 Å². The Morgan fingerprint density at radius 3 is 2.36 bits per heavy atom. The highest BCUT2D eigenvalue weighted by molar-refractivity contribution is 14.1. The van der Waals surface area contributed by atoms with Gasteiger partial charge in [0.15, 0.2) is 18.1 Å². The molecule has 0 aliphatic heterocycles. The highest BCUT2D eigenvalue weighted by Gasteiger charge is 2.30. The number of ether oxygens (including phenoxy) is 3. The fourth-order valence-corrected chi connectivity index (χ4v) is 4.10. The first kappa shape index (κ1) is 32.2. The first-order valence-electron chi connectivity index (χ1n) is 12.3. The van der Waals surface area contributed by atoms with Gasteiger partial charge in [0.25, 0.3) is 5.91 Å². The molecule has 14 heteroatoms. The van der Waals surface area contributed by atoms with Crippen LogP contribution < -0.4 is 30.3 Å². The number of amides is 3. The normalized spacial score (nSPS) is 11.1. The number of hydrogen-bond acceptors (Lipinski definition) is 7. The smallest absolute Gasteiger partial charge is 0.416 e.